The van der Waals surface area contributed by atoms with Crippen LogP contribution in [0.1, 0.15) is 26.3 Å². The zero-order valence-corrected chi connectivity index (χ0v) is 25.3. The average Bonchev–Trinajstić information content (AvgIpc) is 3.64. The lowest BCUT2D eigenvalue weighted by molar-refractivity contribution is 0.475. The molecule has 0 saturated heterocycles. The lowest BCUT2D eigenvalue weighted by atomic mass is 9.86. The first-order valence-electron chi connectivity index (χ1n) is 15.1. The summed E-state index contributed by atoms with van der Waals surface area (Å²) in [6.07, 6.45) is 1.82. The number of benzene rings is 5. The zero-order valence-electron chi connectivity index (χ0n) is 25.3. The highest BCUT2D eigenvalue weighted by atomic mass is 16.3. The van der Waals surface area contributed by atoms with Gasteiger partial charge in [0.05, 0.1) is 22.3 Å². The van der Waals surface area contributed by atoms with Crippen molar-refractivity contribution in [2.75, 3.05) is 0 Å². The molecule has 0 radical (unpaired) electrons. The number of hydrogen-bond acceptors (Lipinski definition) is 4. The molecular weight excluding hydrogens is 554 g/mol. The highest BCUT2D eigenvalue weighted by Crippen LogP contribution is 2.43. The van der Waals surface area contributed by atoms with E-state index < -0.39 is 0 Å². The number of furan rings is 1. The van der Waals surface area contributed by atoms with Crippen LogP contribution in [0.15, 0.2) is 132 Å². The smallest absolute Gasteiger partial charge is 0.149 e. The highest BCUT2D eigenvalue weighted by Gasteiger charge is 2.24. The fourth-order valence-electron chi connectivity index (χ4n) is 6.23. The first-order valence-corrected chi connectivity index (χ1v) is 15.1. The number of para-hydroxylation sites is 3. The monoisotopic (exact) mass is 585 g/mol. The Balaban J connectivity index is 1.47. The van der Waals surface area contributed by atoms with Crippen molar-refractivity contribution < 1.29 is 9.52 Å². The van der Waals surface area contributed by atoms with E-state index in [0.29, 0.717) is 11.4 Å². The summed E-state index contributed by atoms with van der Waals surface area (Å²) in [5.74, 6) is 0.864. The highest BCUT2D eigenvalue weighted by molar-refractivity contribution is 6.13. The van der Waals surface area contributed by atoms with Crippen LogP contribution in [0.4, 0.5) is 0 Å². The standard InChI is InChI=1S/C40H31N3O2/c1-40(2,3)26-19-20-35(44)32(24-26)39-42-37-29(15-11-17-34(37)43(39)27-12-5-4-6-13-27)31-23-25(33-16-9-10-21-41-33)22-30-28-14-7-8-18-36(28)45-38(30)31/h4-24,44H,1-3H3. The molecule has 3 aromatic heterocycles. The van der Waals surface area contributed by atoms with Gasteiger partial charge in [-0.2, -0.15) is 0 Å². The van der Waals surface area contributed by atoms with Gasteiger partial charge in [-0.15, -0.1) is 0 Å². The first-order chi connectivity index (χ1) is 21.9. The van der Waals surface area contributed by atoms with Gasteiger partial charge in [0.2, 0.25) is 0 Å². The number of phenolic OH excluding ortho intramolecular Hbond substituents is 1. The number of pyridine rings is 1. The predicted octanol–water partition coefficient (Wildman–Crippen LogP) is 10.3. The fourth-order valence-corrected chi connectivity index (χ4v) is 6.23. The number of nitrogens with zero attached hydrogens (tertiary/aromatic N) is 3. The summed E-state index contributed by atoms with van der Waals surface area (Å²) in [4.78, 5) is 10.0. The van der Waals surface area contributed by atoms with Gasteiger partial charge in [0.25, 0.3) is 0 Å². The third-order valence-corrected chi connectivity index (χ3v) is 8.53. The molecule has 3 heterocycles. The zero-order chi connectivity index (χ0) is 30.7. The molecule has 1 N–H and O–H groups in total. The molecule has 45 heavy (non-hydrogen) atoms. The van der Waals surface area contributed by atoms with Crippen LogP contribution in [0.2, 0.25) is 0 Å². The second-order valence-electron chi connectivity index (χ2n) is 12.5. The minimum absolute atomic E-state index is 0.101. The summed E-state index contributed by atoms with van der Waals surface area (Å²) in [5.41, 5.74) is 9.81. The number of aromatic hydroxyl groups is 1. The number of aromatic nitrogens is 3. The van der Waals surface area contributed by atoms with Crippen LogP contribution in [0.5, 0.6) is 5.75 Å². The minimum Gasteiger partial charge on any atom is -0.507 e. The molecule has 0 aliphatic rings. The Hall–Kier alpha value is -5.68. The second kappa shape index (κ2) is 10.2. The third-order valence-electron chi connectivity index (χ3n) is 8.53. The number of phenols is 1. The largest absolute Gasteiger partial charge is 0.507 e. The number of fused-ring (bicyclic) bond motifs is 4. The van der Waals surface area contributed by atoms with Gasteiger partial charge < -0.3 is 9.52 Å². The van der Waals surface area contributed by atoms with Gasteiger partial charge in [0.1, 0.15) is 22.7 Å². The van der Waals surface area contributed by atoms with E-state index in [0.717, 1.165) is 66.6 Å². The second-order valence-corrected chi connectivity index (χ2v) is 12.5. The molecule has 8 rings (SSSR count). The molecule has 5 aromatic carbocycles. The predicted molar refractivity (Wildman–Crippen MR) is 183 cm³/mol. The van der Waals surface area contributed by atoms with Gasteiger partial charge in [-0.3, -0.25) is 9.55 Å². The molecule has 0 bridgehead atoms. The topological polar surface area (TPSA) is 64.1 Å². The van der Waals surface area contributed by atoms with Crippen LogP contribution >= 0.6 is 0 Å². The molecule has 0 amide bonds. The fraction of sp³-hybridized carbons (Fsp3) is 0.100. The van der Waals surface area contributed by atoms with Crippen molar-refractivity contribution in [1.29, 1.82) is 0 Å². The Morgan fingerprint density at radius 2 is 1.49 bits per heavy atom. The van der Waals surface area contributed by atoms with Crippen LogP contribution in [0.3, 0.4) is 0 Å². The van der Waals surface area contributed by atoms with E-state index in [2.05, 4.69) is 84.9 Å². The molecule has 0 atom stereocenters. The van der Waals surface area contributed by atoms with Gasteiger partial charge in [-0.1, -0.05) is 81.4 Å². The van der Waals surface area contributed by atoms with Gasteiger partial charge in [0, 0.05) is 39.3 Å². The Bertz CT molecular complexity index is 2360. The van der Waals surface area contributed by atoms with E-state index in [9.17, 15) is 5.11 Å². The van der Waals surface area contributed by atoms with Gasteiger partial charge in [0.15, 0.2) is 0 Å². The Kier molecular flexibility index (Phi) is 6.10. The first kappa shape index (κ1) is 26.9. The summed E-state index contributed by atoms with van der Waals surface area (Å²) in [6, 6.07) is 40.7. The maximum absolute atomic E-state index is 11.2. The van der Waals surface area contributed by atoms with Crippen molar-refractivity contribution >= 4 is 33.0 Å². The summed E-state index contributed by atoms with van der Waals surface area (Å²) in [6.45, 7) is 6.53. The molecule has 0 unspecified atom stereocenters. The van der Waals surface area contributed by atoms with Crippen LogP contribution < -0.4 is 0 Å². The Morgan fingerprint density at radius 1 is 0.689 bits per heavy atom. The molecule has 0 aliphatic heterocycles. The van der Waals surface area contributed by atoms with E-state index in [-0.39, 0.29) is 11.2 Å². The van der Waals surface area contributed by atoms with Crippen molar-refractivity contribution in [3.63, 3.8) is 0 Å². The maximum atomic E-state index is 11.2. The summed E-state index contributed by atoms with van der Waals surface area (Å²) < 4.78 is 8.70. The number of hydrogen-bond donors (Lipinski definition) is 1. The summed E-state index contributed by atoms with van der Waals surface area (Å²) in [7, 11) is 0. The number of imidazole rings is 1. The quantitative estimate of drug-likeness (QED) is 0.223. The lowest BCUT2D eigenvalue weighted by Crippen LogP contribution is -2.11. The van der Waals surface area contributed by atoms with E-state index in [1.807, 2.05) is 66.9 Å². The van der Waals surface area contributed by atoms with E-state index in [1.165, 1.54) is 0 Å². The number of rotatable bonds is 4. The molecule has 0 aliphatic carbocycles. The SMILES string of the molecule is CC(C)(C)c1ccc(O)c(-c2nc3c(-c4cc(-c5ccccn5)cc5c4oc4ccccc45)cccc3n2-c2ccccc2)c1. The molecule has 0 saturated carbocycles. The summed E-state index contributed by atoms with van der Waals surface area (Å²) in [5, 5.41) is 13.3. The van der Waals surface area contributed by atoms with Crippen molar-refractivity contribution in [2.45, 2.75) is 26.2 Å². The van der Waals surface area contributed by atoms with Crippen molar-refractivity contribution in [2.24, 2.45) is 0 Å². The molecule has 218 valence electrons. The Labute approximate surface area is 261 Å². The average molecular weight is 586 g/mol. The molecule has 0 spiro atoms. The molecular formula is C40H31N3O2. The van der Waals surface area contributed by atoms with Gasteiger partial charge >= 0.3 is 0 Å². The van der Waals surface area contributed by atoms with Crippen LogP contribution in [0.25, 0.3) is 72.4 Å². The third kappa shape index (κ3) is 4.47. The molecule has 8 aromatic rings. The van der Waals surface area contributed by atoms with Crippen LogP contribution in [0, 0.1) is 0 Å². The van der Waals surface area contributed by atoms with Gasteiger partial charge in [-0.25, -0.2) is 4.98 Å². The van der Waals surface area contributed by atoms with E-state index >= 15 is 0 Å². The van der Waals surface area contributed by atoms with Crippen LogP contribution in [-0.4, -0.2) is 19.6 Å². The lowest BCUT2D eigenvalue weighted by Gasteiger charge is -2.20. The molecule has 5 nitrogen and oxygen atoms in total. The normalized spacial score (nSPS) is 12.0. The molecule has 0 fully saturated rings. The minimum atomic E-state index is -0.101. The summed E-state index contributed by atoms with van der Waals surface area (Å²) >= 11 is 0. The van der Waals surface area contributed by atoms with E-state index in [1.54, 1.807) is 6.07 Å². The van der Waals surface area contributed by atoms with E-state index in [4.69, 9.17) is 9.40 Å². The Morgan fingerprint density at radius 3 is 2.29 bits per heavy atom. The van der Waals surface area contributed by atoms with Gasteiger partial charge in [-0.05, 0) is 71.6 Å². The molecule has 5 heteroatoms. The van der Waals surface area contributed by atoms with Crippen molar-refractivity contribution in [3.8, 4) is 45.2 Å². The maximum Gasteiger partial charge on any atom is 0.149 e. The van der Waals surface area contributed by atoms with Crippen molar-refractivity contribution in [3.05, 3.63) is 133 Å². The van der Waals surface area contributed by atoms with Crippen LogP contribution in [-0.2, 0) is 5.41 Å². The van der Waals surface area contributed by atoms with Crippen molar-refractivity contribution in [1.82, 2.24) is 14.5 Å².